The van der Waals surface area contributed by atoms with Gasteiger partial charge in [-0.1, -0.05) is 6.42 Å². The van der Waals surface area contributed by atoms with Crippen LogP contribution in [0, 0.1) is 0 Å². The Morgan fingerprint density at radius 3 is 2.94 bits per heavy atom. The molecule has 2 atom stereocenters. The highest BCUT2D eigenvalue weighted by Gasteiger charge is 2.23. The lowest BCUT2D eigenvalue weighted by atomic mass is 9.95. The molecule has 0 aliphatic heterocycles. The fourth-order valence-corrected chi connectivity index (χ4v) is 3.11. The zero-order chi connectivity index (χ0) is 13.0. The Labute approximate surface area is 110 Å². The van der Waals surface area contributed by atoms with Gasteiger partial charge in [-0.3, -0.25) is 0 Å². The number of anilines is 1. The van der Waals surface area contributed by atoms with Crippen LogP contribution < -0.4 is 5.32 Å². The molecule has 1 heterocycles. The minimum absolute atomic E-state index is 0.00350. The van der Waals surface area contributed by atoms with E-state index in [0.29, 0.717) is 17.1 Å². The number of thioether (sulfide) groups is 1. The molecule has 0 bridgehead atoms. The van der Waals surface area contributed by atoms with Gasteiger partial charge in [0.2, 0.25) is 0 Å². The molecule has 0 spiro atoms. The van der Waals surface area contributed by atoms with Crippen LogP contribution in [0.25, 0.3) is 0 Å². The summed E-state index contributed by atoms with van der Waals surface area (Å²) >= 11 is 1.88. The Balaban J connectivity index is 2.07. The van der Waals surface area contributed by atoms with Crippen molar-refractivity contribution in [1.82, 2.24) is 9.97 Å². The maximum Gasteiger partial charge on any atom is 0.358 e. The number of aromatic carboxylic acids is 1. The highest BCUT2D eigenvalue weighted by atomic mass is 32.2. The van der Waals surface area contributed by atoms with Crippen LogP contribution in [-0.2, 0) is 0 Å². The van der Waals surface area contributed by atoms with Gasteiger partial charge in [-0.25, -0.2) is 14.8 Å². The summed E-state index contributed by atoms with van der Waals surface area (Å²) in [5.41, 5.74) is 0.00350. The summed E-state index contributed by atoms with van der Waals surface area (Å²) in [6.45, 7) is 0. The number of rotatable bonds is 4. The van der Waals surface area contributed by atoms with Gasteiger partial charge in [-0.2, -0.15) is 11.8 Å². The first-order chi connectivity index (χ1) is 8.70. The van der Waals surface area contributed by atoms with E-state index >= 15 is 0 Å². The highest BCUT2D eigenvalue weighted by molar-refractivity contribution is 7.99. The second kappa shape index (κ2) is 6.04. The van der Waals surface area contributed by atoms with Crippen molar-refractivity contribution in [3.8, 4) is 0 Å². The van der Waals surface area contributed by atoms with E-state index < -0.39 is 5.97 Å². The highest BCUT2D eigenvalue weighted by Crippen LogP contribution is 2.28. The molecular weight excluding hydrogens is 250 g/mol. The molecule has 1 aromatic heterocycles. The molecule has 0 radical (unpaired) electrons. The molecule has 6 heteroatoms. The van der Waals surface area contributed by atoms with Crippen LogP contribution in [0.15, 0.2) is 12.4 Å². The Kier molecular flexibility index (Phi) is 4.41. The van der Waals surface area contributed by atoms with E-state index in [9.17, 15) is 4.79 Å². The lowest BCUT2D eigenvalue weighted by Gasteiger charge is -2.29. The first-order valence-electron chi connectivity index (χ1n) is 6.04. The molecule has 5 nitrogen and oxygen atoms in total. The third kappa shape index (κ3) is 3.13. The van der Waals surface area contributed by atoms with Gasteiger partial charge in [0.25, 0.3) is 0 Å². The molecule has 2 unspecified atom stereocenters. The van der Waals surface area contributed by atoms with Crippen LogP contribution in [-0.4, -0.2) is 38.6 Å². The van der Waals surface area contributed by atoms with Gasteiger partial charge < -0.3 is 10.4 Å². The predicted molar refractivity (Wildman–Crippen MR) is 72.2 cm³/mol. The normalized spacial score (nSPS) is 23.6. The van der Waals surface area contributed by atoms with Crippen LogP contribution in [0.3, 0.4) is 0 Å². The van der Waals surface area contributed by atoms with E-state index in [0.717, 1.165) is 12.8 Å². The molecule has 1 saturated carbocycles. The second-order valence-corrected chi connectivity index (χ2v) is 5.56. The number of hydrogen-bond acceptors (Lipinski definition) is 5. The Bertz CT molecular complexity index is 428. The number of hydrogen-bond donors (Lipinski definition) is 2. The third-order valence-electron chi connectivity index (χ3n) is 3.20. The van der Waals surface area contributed by atoms with Gasteiger partial charge in [-0.15, -0.1) is 0 Å². The number of nitrogens with one attached hydrogen (secondary N) is 1. The molecule has 0 amide bonds. The largest absolute Gasteiger partial charge is 0.476 e. The average Bonchev–Trinajstić information content (AvgIpc) is 2.39. The van der Waals surface area contributed by atoms with E-state index in [1.807, 2.05) is 11.8 Å². The summed E-state index contributed by atoms with van der Waals surface area (Å²) in [7, 11) is 0. The van der Waals surface area contributed by atoms with E-state index in [4.69, 9.17) is 5.11 Å². The van der Waals surface area contributed by atoms with Gasteiger partial charge in [0, 0.05) is 23.7 Å². The van der Waals surface area contributed by atoms with E-state index in [2.05, 4.69) is 21.5 Å². The van der Waals surface area contributed by atoms with Crippen molar-refractivity contribution >= 4 is 23.5 Å². The summed E-state index contributed by atoms with van der Waals surface area (Å²) in [6.07, 6.45) is 9.57. The number of aromatic nitrogens is 2. The number of carboxylic acids is 1. The minimum atomic E-state index is -1.04. The van der Waals surface area contributed by atoms with Crippen LogP contribution in [0.1, 0.15) is 36.2 Å². The molecule has 1 aliphatic rings. The van der Waals surface area contributed by atoms with Gasteiger partial charge in [-0.05, 0) is 25.5 Å². The maximum absolute atomic E-state index is 11.0. The Morgan fingerprint density at radius 1 is 1.44 bits per heavy atom. The van der Waals surface area contributed by atoms with Crippen LogP contribution in [0.5, 0.6) is 0 Å². The quantitative estimate of drug-likeness (QED) is 0.871. The molecule has 98 valence electrons. The smallest absolute Gasteiger partial charge is 0.358 e. The summed E-state index contributed by atoms with van der Waals surface area (Å²) in [5, 5.41) is 12.9. The molecule has 2 rings (SSSR count). The molecule has 1 aliphatic carbocycles. The standard InChI is InChI=1S/C12H17N3O2S/c1-18-9-4-2-3-8(7-9)15-11-10(12(16)17)13-5-6-14-11/h5-6,8-9H,2-4,7H2,1H3,(H,14,15)(H,16,17). The molecular formula is C12H17N3O2S. The predicted octanol–water partition coefficient (Wildman–Crippen LogP) is 2.26. The summed E-state index contributed by atoms with van der Waals surface area (Å²) in [4.78, 5) is 19.0. The van der Waals surface area contributed by atoms with Gasteiger partial charge in [0.1, 0.15) is 0 Å². The lowest BCUT2D eigenvalue weighted by molar-refractivity contribution is 0.0691. The average molecular weight is 267 g/mol. The molecule has 1 aromatic rings. The number of nitrogens with zero attached hydrogens (tertiary/aromatic N) is 2. The molecule has 2 N–H and O–H groups in total. The van der Waals surface area contributed by atoms with Gasteiger partial charge >= 0.3 is 5.97 Å². The Morgan fingerprint density at radius 2 is 2.22 bits per heavy atom. The van der Waals surface area contributed by atoms with Crippen molar-refractivity contribution in [3.63, 3.8) is 0 Å². The van der Waals surface area contributed by atoms with Crippen molar-refractivity contribution < 1.29 is 9.90 Å². The van der Waals surface area contributed by atoms with Crippen LogP contribution >= 0.6 is 11.8 Å². The first kappa shape index (κ1) is 13.1. The van der Waals surface area contributed by atoms with Crippen molar-refractivity contribution in [2.24, 2.45) is 0 Å². The van der Waals surface area contributed by atoms with Crippen molar-refractivity contribution in [2.45, 2.75) is 37.0 Å². The number of carboxylic acid groups (broad SMARTS) is 1. The van der Waals surface area contributed by atoms with Crippen molar-refractivity contribution in [1.29, 1.82) is 0 Å². The van der Waals surface area contributed by atoms with Gasteiger partial charge in [0.15, 0.2) is 11.5 Å². The van der Waals surface area contributed by atoms with E-state index in [1.165, 1.54) is 25.2 Å². The number of carbonyl (C=O) groups is 1. The van der Waals surface area contributed by atoms with E-state index in [-0.39, 0.29) is 5.69 Å². The van der Waals surface area contributed by atoms with Crippen LogP contribution in [0.4, 0.5) is 5.82 Å². The van der Waals surface area contributed by atoms with Gasteiger partial charge in [0.05, 0.1) is 0 Å². The van der Waals surface area contributed by atoms with Crippen LogP contribution in [0.2, 0.25) is 0 Å². The summed E-state index contributed by atoms with van der Waals surface area (Å²) < 4.78 is 0. The first-order valence-corrected chi connectivity index (χ1v) is 7.33. The monoisotopic (exact) mass is 267 g/mol. The maximum atomic E-state index is 11.0. The minimum Gasteiger partial charge on any atom is -0.476 e. The summed E-state index contributed by atoms with van der Waals surface area (Å²) in [5.74, 6) is -0.653. The third-order valence-corrected chi connectivity index (χ3v) is 4.30. The summed E-state index contributed by atoms with van der Waals surface area (Å²) in [6, 6.07) is 0.297. The molecule has 18 heavy (non-hydrogen) atoms. The van der Waals surface area contributed by atoms with E-state index in [1.54, 1.807) is 0 Å². The fourth-order valence-electron chi connectivity index (χ4n) is 2.28. The SMILES string of the molecule is CSC1CCCC(Nc2nccnc2C(=O)O)C1. The Hall–Kier alpha value is -1.30. The second-order valence-electron chi connectivity index (χ2n) is 4.42. The molecule has 1 fully saturated rings. The fraction of sp³-hybridized carbons (Fsp3) is 0.583. The topological polar surface area (TPSA) is 75.1 Å². The molecule has 0 aromatic carbocycles. The lowest BCUT2D eigenvalue weighted by Crippen LogP contribution is -2.29. The zero-order valence-corrected chi connectivity index (χ0v) is 11.1. The molecule has 0 saturated heterocycles. The van der Waals surface area contributed by atoms with Crippen molar-refractivity contribution in [2.75, 3.05) is 11.6 Å². The zero-order valence-electron chi connectivity index (χ0n) is 10.3. The van der Waals surface area contributed by atoms with Crippen molar-refractivity contribution in [3.05, 3.63) is 18.1 Å².